The molecular weight excluding hydrogens is 1260 g/mol. The molecule has 2 aliphatic carbocycles. The Hall–Kier alpha value is -8.00. The summed E-state index contributed by atoms with van der Waals surface area (Å²) in [5.74, 6) is -1.52. The number of nitrogens with one attached hydrogen (secondary N) is 4. The first-order valence-electron chi connectivity index (χ1n) is 31.0. The van der Waals surface area contributed by atoms with Crippen LogP contribution < -0.4 is 30.9 Å². The summed E-state index contributed by atoms with van der Waals surface area (Å²) in [6.45, 7) is 2.98. The number of carbonyl (C=O) groups excluding carboxylic acids is 7. The molecule has 0 unspecified atom stereocenters. The van der Waals surface area contributed by atoms with Crippen LogP contribution in [-0.2, 0) is 89.7 Å². The number of phenolic OH excluding ortho intramolecular Hbond substituents is 2. The van der Waals surface area contributed by atoms with Crippen molar-refractivity contribution in [3.05, 3.63) is 117 Å². The number of hydrogen-bond acceptors (Lipinski definition) is 23. The van der Waals surface area contributed by atoms with Crippen molar-refractivity contribution in [1.29, 1.82) is 0 Å². The summed E-state index contributed by atoms with van der Waals surface area (Å²) in [4.78, 5) is 98.5. The number of para-hydroxylation sites is 1. The number of aliphatic hydroxyl groups is 1. The highest BCUT2D eigenvalue weighted by Gasteiger charge is 2.55. The minimum Gasteiger partial charge on any atom is -0.507 e. The number of fused-ring (bicyclic) bond motifs is 8. The van der Waals surface area contributed by atoms with E-state index in [0.29, 0.717) is 24.4 Å². The molecule has 510 valence electrons. The average Bonchev–Trinajstić information content (AvgIpc) is 1.32. The summed E-state index contributed by atoms with van der Waals surface area (Å²) >= 11 is 0. The van der Waals surface area contributed by atoms with E-state index in [4.69, 9.17) is 47.4 Å². The molecule has 3 saturated heterocycles. The van der Waals surface area contributed by atoms with E-state index in [2.05, 4.69) is 38.0 Å². The van der Waals surface area contributed by atoms with E-state index in [9.17, 15) is 61.9 Å². The van der Waals surface area contributed by atoms with Gasteiger partial charge in [-0.05, 0) is 36.8 Å². The third kappa shape index (κ3) is 16.3. The number of phenols is 2. The van der Waals surface area contributed by atoms with Gasteiger partial charge in [-0.1, -0.05) is 54.3 Å². The first-order valence-corrected chi connectivity index (χ1v) is 32.6. The van der Waals surface area contributed by atoms with Crippen molar-refractivity contribution in [3.63, 3.8) is 0 Å². The lowest BCUT2D eigenvalue weighted by Crippen LogP contribution is -2.55. The molecule has 4 aromatic rings. The van der Waals surface area contributed by atoms with Crippen molar-refractivity contribution < 1.29 is 109 Å². The molecule has 4 aromatic carbocycles. The van der Waals surface area contributed by atoms with Crippen LogP contribution >= 0.6 is 0 Å². The second-order valence-electron chi connectivity index (χ2n) is 23.2. The zero-order valence-corrected chi connectivity index (χ0v) is 53.3. The third-order valence-corrected chi connectivity index (χ3v) is 17.8. The molecule has 3 fully saturated rings. The molecule has 30 heteroatoms. The summed E-state index contributed by atoms with van der Waals surface area (Å²) in [5.41, 5.74) is -1.20. The van der Waals surface area contributed by atoms with E-state index in [1.807, 2.05) is 30.3 Å². The predicted octanol–water partition coefficient (Wildman–Crippen LogP) is 0.664. The fourth-order valence-corrected chi connectivity index (χ4v) is 13.2. The van der Waals surface area contributed by atoms with Gasteiger partial charge in [0.1, 0.15) is 40.7 Å². The summed E-state index contributed by atoms with van der Waals surface area (Å²) < 4.78 is 91.1. The molecule has 10 rings (SSSR count). The Kier molecular flexibility index (Phi) is 23.0. The third-order valence-electron chi connectivity index (χ3n) is 17.0. The molecule has 4 aliphatic heterocycles. The highest BCUT2D eigenvalue weighted by Crippen LogP contribution is 2.53. The zero-order chi connectivity index (χ0) is 67.6. The minimum absolute atomic E-state index is 0.0318. The monoisotopic (exact) mass is 1340 g/mol. The topological polar surface area (TPSA) is 381 Å². The van der Waals surface area contributed by atoms with Crippen molar-refractivity contribution in [2.45, 2.75) is 100 Å². The number of carbonyl (C=O) groups is 7. The molecule has 6 aliphatic rings. The van der Waals surface area contributed by atoms with Crippen molar-refractivity contribution in [3.8, 4) is 29.1 Å². The van der Waals surface area contributed by atoms with Crippen LogP contribution in [0.15, 0.2) is 66.7 Å². The van der Waals surface area contributed by atoms with E-state index in [0.717, 1.165) is 11.1 Å². The maximum atomic E-state index is 14.3. The van der Waals surface area contributed by atoms with Crippen LogP contribution in [0.4, 0.5) is 5.69 Å². The van der Waals surface area contributed by atoms with Gasteiger partial charge in [0, 0.05) is 92.7 Å². The lowest BCUT2D eigenvalue weighted by molar-refractivity contribution is -0.256. The van der Waals surface area contributed by atoms with E-state index in [-0.39, 0.29) is 132 Å². The Morgan fingerprint density at radius 3 is 2.18 bits per heavy atom. The zero-order valence-electron chi connectivity index (χ0n) is 52.5. The Labute approximate surface area is 547 Å². The second-order valence-corrected chi connectivity index (χ2v) is 24.7. The van der Waals surface area contributed by atoms with Crippen LogP contribution in [0, 0.1) is 11.8 Å². The van der Waals surface area contributed by atoms with Gasteiger partial charge in [0.05, 0.1) is 114 Å². The van der Waals surface area contributed by atoms with Crippen LogP contribution in [0.5, 0.6) is 17.2 Å². The van der Waals surface area contributed by atoms with Crippen LogP contribution in [-0.4, -0.2) is 229 Å². The number of morpholine rings is 1. The number of anilines is 1. The number of ketones is 2. The maximum Gasteiger partial charge on any atom is 0.267 e. The molecule has 0 spiro atoms. The molecule has 0 radical (unpaired) electrons. The fourth-order valence-electron chi connectivity index (χ4n) is 12.5. The van der Waals surface area contributed by atoms with Gasteiger partial charge in [0.25, 0.3) is 16.0 Å². The van der Waals surface area contributed by atoms with E-state index >= 15 is 0 Å². The molecule has 0 aromatic heterocycles. The fraction of sp³-hybridized carbons (Fsp3) is 0.492. The molecule has 0 bridgehead atoms. The number of nitrogens with zero attached hydrogens (tertiary/aromatic N) is 2. The molecule has 4 heterocycles. The van der Waals surface area contributed by atoms with Gasteiger partial charge < -0.3 is 88.9 Å². The van der Waals surface area contributed by atoms with Crippen LogP contribution in [0.1, 0.15) is 98.4 Å². The normalized spacial score (nSPS) is 22.9. The van der Waals surface area contributed by atoms with Crippen LogP contribution in [0.25, 0.3) is 0 Å². The molecule has 9 atom stereocenters. The molecule has 8 N–H and O–H groups in total. The molecular formula is C65H76N6O23S. The van der Waals surface area contributed by atoms with Gasteiger partial charge >= 0.3 is 0 Å². The molecule has 95 heavy (non-hydrogen) atoms. The lowest BCUT2D eigenvalue weighted by atomic mass is 9.72. The average molecular weight is 1340 g/mol. The Balaban J connectivity index is 0.617. The van der Waals surface area contributed by atoms with Crippen molar-refractivity contribution in [2.24, 2.45) is 0 Å². The van der Waals surface area contributed by atoms with E-state index < -0.39 is 142 Å². The van der Waals surface area contributed by atoms with Gasteiger partial charge in [-0.2, -0.15) is 8.42 Å². The SMILES string of the molecule is COc1cccc2c1C(=O)c1c(O)c3c(c(O)c1C2=O)C[C@@](O)(C(=O)NCC(=O)NCCOCCOCCOCCOCCC(=O)N[C@@H](CS(=O)(=O)O)C(=O)NCCC(=O)N1Cc2ccccc2C#Cc2ccccc21)C[C@@H]3O[C@H]1C[C@H]2[C@H](O[C@@H]3[C@@H](OC)OCCN32)[C@H](C)O1. The van der Waals surface area contributed by atoms with Crippen LogP contribution in [0.2, 0.25) is 0 Å². The van der Waals surface area contributed by atoms with Crippen molar-refractivity contribution in [2.75, 3.05) is 111 Å². The molecule has 0 saturated carbocycles. The van der Waals surface area contributed by atoms with Gasteiger partial charge in [-0.15, -0.1) is 0 Å². The predicted molar refractivity (Wildman–Crippen MR) is 332 cm³/mol. The smallest absolute Gasteiger partial charge is 0.267 e. The summed E-state index contributed by atoms with van der Waals surface area (Å²) in [6.07, 6.45) is -6.12. The number of hydrogen-bond donors (Lipinski definition) is 8. The van der Waals surface area contributed by atoms with Crippen LogP contribution in [0.3, 0.4) is 0 Å². The second kappa shape index (κ2) is 31.3. The number of benzene rings is 4. The quantitative estimate of drug-likeness (QED) is 0.0141. The van der Waals surface area contributed by atoms with Crippen molar-refractivity contribution in [1.82, 2.24) is 26.2 Å². The highest BCUT2D eigenvalue weighted by molar-refractivity contribution is 7.85. The highest BCUT2D eigenvalue weighted by atomic mass is 32.2. The van der Waals surface area contributed by atoms with Gasteiger partial charge in [0.2, 0.25) is 29.4 Å². The lowest BCUT2D eigenvalue weighted by Gasteiger charge is -2.43. The maximum absolute atomic E-state index is 14.3. The van der Waals surface area contributed by atoms with E-state index in [1.54, 1.807) is 30.0 Å². The van der Waals surface area contributed by atoms with Crippen molar-refractivity contribution >= 4 is 56.9 Å². The minimum atomic E-state index is -4.72. The Morgan fingerprint density at radius 2 is 1.45 bits per heavy atom. The standard InChI is InChI=1S/C65H76N6O23S/c1-37-60-45(70-21-24-91-63(86-3)62(70)94-60)31-51(92-37)93-47-33-65(81,32-42-53(47)59(78)55-54(57(42)76)56(75)41-12-8-14-46(85-2)52(41)58(55)77)64(80)68-34-49(73)66-20-23-88-26-28-90-30-29-89-27-25-87-22-18-48(72)69-43(36-95(82,83)84)61(79)67-19-17-50(74)71-35-40-11-5-4-9-38(40)15-16-39-10-6-7-13-44(39)71/h4-14,37,43,45,47,51,60,62-63,76,78,81H,17-36H2,1-3H3,(H,66,73)(H,67,79)(H,68,80)(H,69,72)(H,82,83,84)/t37-,43-,45-,47-,51-,60+,62+,63-,65-/m0/s1. The largest absolute Gasteiger partial charge is 0.507 e. The number of aromatic hydroxyl groups is 2. The first-order chi connectivity index (χ1) is 45.7. The van der Waals surface area contributed by atoms with E-state index in [1.165, 1.54) is 32.4 Å². The number of amides is 5. The Morgan fingerprint density at radius 1 is 0.768 bits per heavy atom. The number of ether oxygens (including phenoxy) is 10. The van der Waals surface area contributed by atoms with Gasteiger partial charge in [-0.25, -0.2) is 0 Å². The van der Waals surface area contributed by atoms with Gasteiger partial charge in [0.15, 0.2) is 24.6 Å². The molecule has 29 nitrogen and oxygen atoms in total. The molecule has 5 amide bonds. The summed E-state index contributed by atoms with van der Waals surface area (Å²) in [6, 6.07) is 17.0. The Bertz CT molecular complexity index is 3730. The number of methoxy groups -OCH3 is 2. The van der Waals surface area contributed by atoms with Gasteiger partial charge in [-0.3, -0.25) is 43.0 Å². The summed E-state index contributed by atoms with van der Waals surface area (Å²) in [5, 5.41) is 46.3. The first kappa shape index (κ1) is 69.8. The number of rotatable bonds is 29. The summed E-state index contributed by atoms with van der Waals surface area (Å²) in [7, 11) is -1.89.